The summed E-state index contributed by atoms with van der Waals surface area (Å²) in [7, 11) is 0. The number of nitrogens with one attached hydrogen (secondary N) is 3. The highest BCUT2D eigenvalue weighted by Crippen LogP contribution is 2.14. The van der Waals surface area contributed by atoms with E-state index < -0.39 is 0 Å². The maximum absolute atomic E-state index is 12.4. The predicted octanol–water partition coefficient (Wildman–Crippen LogP) is 1.09. The topological polar surface area (TPSA) is 54.6 Å². The molecular formula is C24H32N4O+2. The molecule has 5 nitrogen and oxygen atoms in total. The minimum absolute atomic E-state index is 0.0362. The first-order valence-corrected chi connectivity index (χ1v) is 10.8. The first-order chi connectivity index (χ1) is 14.0. The normalized spacial score (nSPS) is 20.8. The van der Waals surface area contributed by atoms with Gasteiger partial charge in [0.05, 0.1) is 10.9 Å². The van der Waals surface area contributed by atoms with Gasteiger partial charge >= 0.3 is 0 Å². The number of aromatic amines is 1. The quantitative estimate of drug-likeness (QED) is 0.609. The number of aromatic nitrogens is 2. The lowest BCUT2D eigenvalue weighted by Crippen LogP contribution is -3.27. The number of hydrogen-bond donors (Lipinski definition) is 3. The number of para-hydroxylation sites is 1. The molecule has 2 heterocycles. The highest BCUT2D eigenvalue weighted by Gasteiger charge is 2.29. The van der Waals surface area contributed by atoms with Crippen LogP contribution in [-0.2, 0) is 6.54 Å². The molecule has 0 unspecified atom stereocenters. The van der Waals surface area contributed by atoms with Crippen molar-refractivity contribution in [2.75, 3.05) is 26.2 Å². The van der Waals surface area contributed by atoms with E-state index in [1.54, 1.807) is 4.90 Å². The molecule has 1 atom stereocenters. The fraction of sp³-hybridized carbons (Fsp3) is 0.417. The second kappa shape index (κ2) is 8.47. The number of piperazine rings is 1. The van der Waals surface area contributed by atoms with Crippen molar-refractivity contribution in [3.63, 3.8) is 0 Å². The summed E-state index contributed by atoms with van der Waals surface area (Å²) in [6, 6.07) is 16.9. The van der Waals surface area contributed by atoms with Crippen molar-refractivity contribution < 1.29 is 9.80 Å². The van der Waals surface area contributed by atoms with Gasteiger partial charge in [0.2, 0.25) is 0 Å². The van der Waals surface area contributed by atoms with Crippen molar-refractivity contribution >= 4 is 10.9 Å². The number of quaternary nitrogens is 2. The van der Waals surface area contributed by atoms with Crippen LogP contribution in [0.15, 0.2) is 53.3 Å². The number of hydrogen-bond acceptors (Lipinski definition) is 2. The number of benzene rings is 2. The Morgan fingerprint density at radius 2 is 1.66 bits per heavy atom. The molecule has 29 heavy (non-hydrogen) atoms. The Balaban J connectivity index is 1.38. The van der Waals surface area contributed by atoms with Gasteiger partial charge in [0, 0.05) is 5.56 Å². The molecule has 2 aromatic carbocycles. The van der Waals surface area contributed by atoms with Gasteiger partial charge in [-0.05, 0) is 30.5 Å². The number of rotatable bonds is 5. The molecule has 0 bridgehead atoms. The van der Waals surface area contributed by atoms with Crippen molar-refractivity contribution in [3.05, 3.63) is 75.8 Å². The van der Waals surface area contributed by atoms with Crippen LogP contribution in [0.4, 0.5) is 0 Å². The van der Waals surface area contributed by atoms with E-state index in [1.807, 2.05) is 24.3 Å². The monoisotopic (exact) mass is 392 g/mol. The van der Waals surface area contributed by atoms with E-state index in [0.29, 0.717) is 11.3 Å². The van der Waals surface area contributed by atoms with E-state index in [9.17, 15) is 4.79 Å². The summed E-state index contributed by atoms with van der Waals surface area (Å²) in [5, 5.41) is 0.663. The molecule has 3 N–H and O–H groups in total. The summed E-state index contributed by atoms with van der Waals surface area (Å²) >= 11 is 0. The SMILES string of the molecule is CC(C)c1ccc(C[NH+]2CC[NH+]([C@H](C)c3nc4ccccc4c(=O)[nH]3)CC2)cc1. The lowest BCUT2D eigenvalue weighted by Gasteiger charge is -2.32. The Kier molecular flexibility index (Phi) is 5.79. The zero-order valence-corrected chi connectivity index (χ0v) is 17.7. The van der Waals surface area contributed by atoms with Gasteiger partial charge in [-0.1, -0.05) is 50.2 Å². The lowest BCUT2D eigenvalue weighted by atomic mass is 10.0. The van der Waals surface area contributed by atoms with E-state index in [0.717, 1.165) is 44.1 Å². The Morgan fingerprint density at radius 1 is 0.966 bits per heavy atom. The Bertz CT molecular complexity index is 1020. The maximum Gasteiger partial charge on any atom is 0.258 e. The smallest absolute Gasteiger partial charge is 0.258 e. The molecule has 1 aliphatic heterocycles. The minimum atomic E-state index is -0.0362. The number of nitrogens with zero attached hydrogens (tertiary/aromatic N) is 1. The third kappa shape index (κ3) is 4.41. The van der Waals surface area contributed by atoms with Crippen LogP contribution in [0, 0.1) is 0 Å². The van der Waals surface area contributed by atoms with E-state index in [2.05, 4.69) is 50.0 Å². The molecule has 0 amide bonds. The van der Waals surface area contributed by atoms with Crippen molar-refractivity contribution in [3.8, 4) is 0 Å². The summed E-state index contributed by atoms with van der Waals surface area (Å²) in [6.45, 7) is 12.2. The summed E-state index contributed by atoms with van der Waals surface area (Å²) in [5.41, 5.74) is 3.57. The molecule has 1 aliphatic rings. The van der Waals surface area contributed by atoms with Crippen LogP contribution in [0.1, 0.15) is 49.7 Å². The second-order valence-corrected chi connectivity index (χ2v) is 8.67. The third-order valence-electron chi connectivity index (χ3n) is 6.35. The fourth-order valence-electron chi connectivity index (χ4n) is 4.35. The van der Waals surface area contributed by atoms with Gasteiger partial charge in [-0.25, -0.2) is 4.98 Å². The van der Waals surface area contributed by atoms with Gasteiger partial charge in [-0.2, -0.15) is 0 Å². The van der Waals surface area contributed by atoms with Gasteiger partial charge in [-0.3, -0.25) is 4.79 Å². The Labute approximate surface area is 172 Å². The maximum atomic E-state index is 12.4. The molecular weight excluding hydrogens is 360 g/mol. The van der Waals surface area contributed by atoms with Crippen molar-refractivity contribution in [2.24, 2.45) is 0 Å². The van der Waals surface area contributed by atoms with Gasteiger partial charge in [0.1, 0.15) is 38.8 Å². The molecule has 4 rings (SSSR count). The zero-order valence-electron chi connectivity index (χ0n) is 17.7. The second-order valence-electron chi connectivity index (χ2n) is 8.67. The van der Waals surface area contributed by atoms with Gasteiger partial charge < -0.3 is 14.8 Å². The molecule has 1 saturated heterocycles. The molecule has 0 radical (unpaired) electrons. The molecule has 0 spiro atoms. The molecule has 5 heteroatoms. The molecule has 1 aromatic heterocycles. The zero-order chi connectivity index (χ0) is 20.4. The number of H-pyrrole nitrogens is 1. The summed E-state index contributed by atoms with van der Waals surface area (Å²) in [5.74, 6) is 1.39. The highest BCUT2D eigenvalue weighted by atomic mass is 16.1. The van der Waals surface area contributed by atoms with Crippen LogP contribution in [0.2, 0.25) is 0 Å². The van der Waals surface area contributed by atoms with E-state index in [-0.39, 0.29) is 11.6 Å². The van der Waals surface area contributed by atoms with Gasteiger partial charge in [-0.15, -0.1) is 0 Å². The lowest BCUT2D eigenvalue weighted by molar-refractivity contribution is -1.03. The summed E-state index contributed by atoms with van der Waals surface area (Å²) in [6.07, 6.45) is 0. The standard InChI is InChI=1S/C24H30N4O/c1-17(2)20-10-8-19(9-11-20)16-27-12-14-28(15-13-27)18(3)23-25-22-7-5-4-6-21(22)24(29)26-23/h4-11,17-18H,12-16H2,1-3H3,(H,25,26,29)/p+2/t18-/m1/s1. The van der Waals surface area contributed by atoms with Crippen LogP contribution in [0.25, 0.3) is 10.9 Å². The van der Waals surface area contributed by atoms with Crippen LogP contribution in [-0.4, -0.2) is 36.1 Å². The molecule has 0 saturated carbocycles. The first kappa shape index (κ1) is 19.8. The third-order valence-corrected chi connectivity index (χ3v) is 6.35. The van der Waals surface area contributed by atoms with Crippen molar-refractivity contribution in [1.82, 2.24) is 9.97 Å². The average Bonchev–Trinajstić information content (AvgIpc) is 2.74. The first-order valence-electron chi connectivity index (χ1n) is 10.8. The van der Waals surface area contributed by atoms with Crippen LogP contribution in [0.3, 0.4) is 0 Å². The average molecular weight is 393 g/mol. The van der Waals surface area contributed by atoms with E-state index in [1.165, 1.54) is 16.0 Å². The van der Waals surface area contributed by atoms with Gasteiger partial charge in [0.15, 0.2) is 5.82 Å². The predicted molar refractivity (Wildman–Crippen MR) is 116 cm³/mol. The fourth-order valence-corrected chi connectivity index (χ4v) is 4.35. The van der Waals surface area contributed by atoms with Crippen molar-refractivity contribution in [1.29, 1.82) is 0 Å². The minimum Gasteiger partial charge on any atom is -0.322 e. The highest BCUT2D eigenvalue weighted by molar-refractivity contribution is 5.77. The molecule has 152 valence electrons. The molecule has 1 fully saturated rings. The largest absolute Gasteiger partial charge is 0.322 e. The summed E-state index contributed by atoms with van der Waals surface area (Å²) in [4.78, 5) is 23.3. The van der Waals surface area contributed by atoms with Gasteiger partial charge in [0.25, 0.3) is 5.56 Å². The van der Waals surface area contributed by atoms with E-state index >= 15 is 0 Å². The molecule has 0 aliphatic carbocycles. The van der Waals surface area contributed by atoms with Crippen LogP contribution in [0.5, 0.6) is 0 Å². The molecule has 3 aromatic rings. The summed E-state index contributed by atoms with van der Waals surface area (Å²) < 4.78 is 0. The van der Waals surface area contributed by atoms with Crippen molar-refractivity contribution in [2.45, 2.75) is 39.3 Å². The number of fused-ring (bicyclic) bond motifs is 1. The van der Waals surface area contributed by atoms with Crippen LogP contribution >= 0.6 is 0 Å². The Morgan fingerprint density at radius 3 is 2.34 bits per heavy atom. The Hall–Kier alpha value is -2.50. The van der Waals surface area contributed by atoms with Crippen LogP contribution < -0.4 is 15.4 Å². The van der Waals surface area contributed by atoms with E-state index in [4.69, 9.17) is 4.98 Å².